The molecule has 0 amide bonds. The van der Waals surface area contributed by atoms with Crippen molar-refractivity contribution < 1.29 is 17.9 Å². The van der Waals surface area contributed by atoms with Crippen LogP contribution < -0.4 is 0 Å². The third-order valence-corrected chi connectivity index (χ3v) is 7.39. The summed E-state index contributed by atoms with van der Waals surface area (Å²) in [6, 6.07) is 12.3. The summed E-state index contributed by atoms with van der Waals surface area (Å²) in [6.45, 7) is 4.44. The van der Waals surface area contributed by atoms with E-state index in [1.54, 1.807) is 42.5 Å². The lowest BCUT2D eigenvalue weighted by Gasteiger charge is -2.34. The van der Waals surface area contributed by atoms with Crippen LogP contribution in [0, 0.1) is 0 Å². The quantitative estimate of drug-likeness (QED) is 0.579. The van der Waals surface area contributed by atoms with Crippen molar-refractivity contribution in [2.45, 2.75) is 30.3 Å². The van der Waals surface area contributed by atoms with E-state index in [2.05, 4.69) is 0 Å². The molecule has 5 nitrogen and oxygen atoms in total. The molecule has 26 heavy (non-hydrogen) atoms. The molecule has 2 heterocycles. The lowest BCUT2D eigenvalue weighted by molar-refractivity contribution is -0.0440. The van der Waals surface area contributed by atoms with E-state index in [0.29, 0.717) is 18.7 Å². The number of ketones is 1. The molecule has 0 unspecified atom stereocenters. The molecule has 3 rings (SSSR count). The van der Waals surface area contributed by atoms with E-state index in [1.807, 2.05) is 19.9 Å². The minimum absolute atomic E-state index is 0.112. The molecule has 1 aromatic carbocycles. The Morgan fingerprint density at radius 1 is 1.12 bits per heavy atom. The van der Waals surface area contributed by atoms with Crippen LogP contribution in [0.5, 0.6) is 0 Å². The fourth-order valence-corrected chi connectivity index (χ4v) is 5.85. The summed E-state index contributed by atoms with van der Waals surface area (Å²) >= 11 is 1.16. The maximum atomic E-state index is 12.8. The maximum absolute atomic E-state index is 12.8. The summed E-state index contributed by atoms with van der Waals surface area (Å²) in [6.07, 6.45) is 2.87. The number of allylic oxidation sites excluding steroid dienone is 1. The summed E-state index contributed by atoms with van der Waals surface area (Å²) in [5.74, 6) is -0.112. The smallest absolute Gasteiger partial charge is 0.252 e. The second-order valence-electron chi connectivity index (χ2n) is 6.30. The van der Waals surface area contributed by atoms with Gasteiger partial charge < -0.3 is 4.74 Å². The molecule has 0 bridgehead atoms. The molecule has 0 saturated carbocycles. The third-order valence-electron chi connectivity index (χ3n) is 4.04. The van der Waals surface area contributed by atoms with Gasteiger partial charge in [0.2, 0.25) is 0 Å². The van der Waals surface area contributed by atoms with Crippen molar-refractivity contribution in [1.82, 2.24) is 4.31 Å². The second kappa shape index (κ2) is 7.84. The molecule has 0 spiro atoms. The van der Waals surface area contributed by atoms with Crippen LogP contribution in [0.15, 0.2) is 52.7 Å². The summed E-state index contributed by atoms with van der Waals surface area (Å²) < 4.78 is 33.0. The van der Waals surface area contributed by atoms with Crippen molar-refractivity contribution in [3.8, 4) is 0 Å². The van der Waals surface area contributed by atoms with Crippen LogP contribution >= 0.6 is 11.3 Å². The van der Waals surface area contributed by atoms with Gasteiger partial charge in [0.25, 0.3) is 10.0 Å². The number of carbonyl (C=O) groups excluding carboxylic acids is 1. The van der Waals surface area contributed by atoms with Crippen molar-refractivity contribution in [3.63, 3.8) is 0 Å². The van der Waals surface area contributed by atoms with Crippen LogP contribution in [0.2, 0.25) is 0 Å². The maximum Gasteiger partial charge on any atom is 0.252 e. The van der Waals surface area contributed by atoms with E-state index in [1.165, 1.54) is 10.4 Å². The Balaban J connectivity index is 1.75. The summed E-state index contributed by atoms with van der Waals surface area (Å²) in [4.78, 5) is 12.8. The number of carbonyl (C=O) groups is 1. The number of ether oxygens (including phenoxy) is 1. The number of nitrogens with zero attached hydrogens (tertiary/aromatic N) is 1. The molecule has 1 aliphatic rings. The lowest BCUT2D eigenvalue weighted by Crippen LogP contribution is -2.47. The minimum Gasteiger partial charge on any atom is -0.373 e. The first-order valence-electron chi connectivity index (χ1n) is 8.39. The molecule has 2 atom stereocenters. The minimum atomic E-state index is -3.54. The Morgan fingerprint density at radius 3 is 2.42 bits per heavy atom. The molecule has 2 aromatic rings. The van der Waals surface area contributed by atoms with Gasteiger partial charge in [0.05, 0.1) is 12.2 Å². The Labute approximate surface area is 158 Å². The third kappa shape index (κ3) is 4.29. The SMILES string of the molecule is C[C@@H]1CN(S(=O)(=O)c2ccc(/C=C/C(=O)c3ccccc3)s2)C[C@H](C)O1. The molecule has 138 valence electrons. The standard InChI is InChI=1S/C19H21NO4S2/c1-14-12-20(13-15(2)24-14)26(22,23)19-11-9-17(25-19)8-10-18(21)16-6-4-3-5-7-16/h3-11,14-15H,12-13H2,1-2H3/b10-8+/t14-,15+. The average Bonchev–Trinajstić information content (AvgIpc) is 3.09. The molecule has 7 heteroatoms. The highest BCUT2D eigenvalue weighted by molar-refractivity contribution is 7.91. The van der Waals surface area contributed by atoms with Gasteiger partial charge in [-0.3, -0.25) is 4.79 Å². The van der Waals surface area contributed by atoms with Gasteiger partial charge in [-0.1, -0.05) is 30.3 Å². The predicted octanol–water partition coefficient (Wildman–Crippen LogP) is 3.44. The number of benzene rings is 1. The Morgan fingerprint density at radius 2 is 1.77 bits per heavy atom. The lowest BCUT2D eigenvalue weighted by atomic mass is 10.1. The van der Waals surface area contributed by atoms with Crippen LogP contribution in [0.1, 0.15) is 29.1 Å². The summed E-state index contributed by atoms with van der Waals surface area (Å²) in [5.41, 5.74) is 0.601. The normalized spacial score (nSPS) is 21.9. The number of hydrogen-bond acceptors (Lipinski definition) is 5. The van der Waals surface area contributed by atoms with Gasteiger partial charge >= 0.3 is 0 Å². The van der Waals surface area contributed by atoms with Crippen LogP contribution in [0.3, 0.4) is 0 Å². The fourth-order valence-electron chi connectivity index (χ4n) is 2.87. The zero-order valence-corrected chi connectivity index (χ0v) is 16.3. The van der Waals surface area contributed by atoms with Gasteiger partial charge in [-0.05, 0) is 38.1 Å². The van der Waals surface area contributed by atoms with Crippen LogP contribution in [0.4, 0.5) is 0 Å². The Hall–Kier alpha value is -1.80. The summed E-state index contributed by atoms with van der Waals surface area (Å²) in [7, 11) is -3.54. The average molecular weight is 392 g/mol. The van der Waals surface area contributed by atoms with Crippen molar-refractivity contribution in [2.24, 2.45) is 0 Å². The van der Waals surface area contributed by atoms with Crippen LogP contribution in [-0.2, 0) is 14.8 Å². The van der Waals surface area contributed by atoms with E-state index in [9.17, 15) is 13.2 Å². The highest BCUT2D eigenvalue weighted by atomic mass is 32.2. The fraction of sp³-hybridized carbons (Fsp3) is 0.316. The molecule has 0 radical (unpaired) electrons. The molecule has 1 aliphatic heterocycles. The highest BCUT2D eigenvalue weighted by Crippen LogP contribution is 2.28. The van der Waals surface area contributed by atoms with Crippen LogP contribution in [0.25, 0.3) is 6.08 Å². The van der Waals surface area contributed by atoms with E-state index in [-0.39, 0.29) is 22.2 Å². The largest absolute Gasteiger partial charge is 0.373 e. The van der Waals surface area contributed by atoms with E-state index >= 15 is 0 Å². The highest BCUT2D eigenvalue weighted by Gasteiger charge is 2.32. The molecule has 1 aromatic heterocycles. The van der Waals surface area contributed by atoms with Gasteiger partial charge in [0.1, 0.15) is 4.21 Å². The first-order chi connectivity index (χ1) is 12.4. The van der Waals surface area contributed by atoms with Crippen molar-refractivity contribution in [1.29, 1.82) is 0 Å². The number of rotatable bonds is 5. The monoisotopic (exact) mass is 391 g/mol. The van der Waals surface area contributed by atoms with Gasteiger partial charge in [-0.15, -0.1) is 11.3 Å². The topological polar surface area (TPSA) is 63.7 Å². The number of morpholine rings is 1. The molecule has 0 N–H and O–H groups in total. The zero-order valence-electron chi connectivity index (χ0n) is 14.7. The van der Waals surface area contributed by atoms with Crippen molar-refractivity contribution in [3.05, 3.63) is 59.0 Å². The van der Waals surface area contributed by atoms with Gasteiger partial charge in [-0.25, -0.2) is 8.42 Å². The van der Waals surface area contributed by atoms with E-state index in [4.69, 9.17) is 4.74 Å². The second-order valence-corrected chi connectivity index (χ2v) is 9.58. The molecule has 1 saturated heterocycles. The Kier molecular flexibility index (Phi) is 5.72. The molecular formula is C19H21NO4S2. The van der Waals surface area contributed by atoms with Gasteiger partial charge in [0, 0.05) is 23.5 Å². The first-order valence-corrected chi connectivity index (χ1v) is 10.6. The van der Waals surface area contributed by atoms with Crippen LogP contribution in [-0.4, -0.2) is 43.8 Å². The number of thiophene rings is 1. The van der Waals surface area contributed by atoms with Crippen molar-refractivity contribution >= 4 is 33.2 Å². The van der Waals surface area contributed by atoms with E-state index < -0.39 is 10.0 Å². The van der Waals surface area contributed by atoms with Gasteiger partial charge in [-0.2, -0.15) is 4.31 Å². The molecular weight excluding hydrogens is 370 g/mol. The summed E-state index contributed by atoms with van der Waals surface area (Å²) in [5, 5.41) is 0. The van der Waals surface area contributed by atoms with Gasteiger partial charge in [0.15, 0.2) is 5.78 Å². The zero-order chi connectivity index (χ0) is 18.7. The predicted molar refractivity (Wildman–Crippen MR) is 103 cm³/mol. The number of sulfonamides is 1. The number of hydrogen-bond donors (Lipinski definition) is 0. The van der Waals surface area contributed by atoms with E-state index in [0.717, 1.165) is 16.2 Å². The molecule has 0 aliphatic carbocycles. The Bertz CT molecular complexity index is 893. The molecule has 1 fully saturated rings. The first kappa shape index (κ1) is 19.0. The van der Waals surface area contributed by atoms with Crippen molar-refractivity contribution in [2.75, 3.05) is 13.1 Å².